The summed E-state index contributed by atoms with van der Waals surface area (Å²) < 4.78 is 6.65. The summed E-state index contributed by atoms with van der Waals surface area (Å²) in [5, 5.41) is 10.8. The SMILES string of the molecule is C=CCn1[nH]c(C)c(N=Nc2nc(C)oc2C)c1=O. The van der Waals surface area contributed by atoms with Crippen molar-refractivity contribution in [1.82, 2.24) is 14.8 Å². The van der Waals surface area contributed by atoms with Crippen LogP contribution >= 0.6 is 0 Å². The van der Waals surface area contributed by atoms with Crippen molar-refractivity contribution in [3.63, 3.8) is 0 Å². The number of rotatable bonds is 4. The maximum atomic E-state index is 12.0. The molecular formula is C12H15N5O2. The van der Waals surface area contributed by atoms with Crippen LogP contribution in [0.25, 0.3) is 0 Å². The average molecular weight is 261 g/mol. The molecule has 0 fully saturated rings. The summed E-state index contributed by atoms with van der Waals surface area (Å²) in [6.07, 6.45) is 1.63. The van der Waals surface area contributed by atoms with Crippen molar-refractivity contribution in [2.24, 2.45) is 10.2 Å². The van der Waals surface area contributed by atoms with Gasteiger partial charge in [-0.25, -0.2) is 4.68 Å². The largest absolute Gasteiger partial charge is 0.444 e. The second-order valence-electron chi connectivity index (χ2n) is 4.10. The summed E-state index contributed by atoms with van der Waals surface area (Å²) in [5.74, 6) is 1.47. The molecule has 7 nitrogen and oxygen atoms in total. The number of oxazole rings is 1. The highest BCUT2D eigenvalue weighted by molar-refractivity contribution is 5.40. The summed E-state index contributed by atoms with van der Waals surface area (Å²) in [5.41, 5.74) is 0.675. The van der Waals surface area contributed by atoms with Gasteiger partial charge >= 0.3 is 0 Å². The molecule has 0 aliphatic rings. The Morgan fingerprint density at radius 1 is 1.42 bits per heavy atom. The summed E-state index contributed by atoms with van der Waals surface area (Å²) in [6, 6.07) is 0. The molecule has 0 atom stereocenters. The molecule has 0 bridgehead atoms. The number of allylic oxidation sites excluding steroid dienone is 1. The Hall–Kier alpha value is -2.44. The molecule has 0 aliphatic carbocycles. The molecule has 0 saturated heterocycles. The molecule has 2 heterocycles. The lowest BCUT2D eigenvalue weighted by Crippen LogP contribution is -2.15. The van der Waals surface area contributed by atoms with Gasteiger partial charge in [0.1, 0.15) is 5.76 Å². The lowest BCUT2D eigenvalue weighted by Gasteiger charge is -1.92. The fourth-order valence-electron chi connectivity index (χ4n) is 1.68. The van der Waals surface area contributed by atoms with Crippen LogP contribution in [0.1, 0.15) is 17.3 Å². The number of aromatic amines is 1. The van der Waals surface area contributed by atoms with Crippen molar-refractivity contribution >= 4 is 11.5 Å². The Morgan fingerprint density at radius 3 is 2.74 bits per heavy atom. The number of nitrogens with one attached hydrogen (secondary N) is 1. The van der Waals surface area contributed by atoms with E-state index < -0.39 is 0 Å². The van der Waals surface area contributed by atoms with Crippen LogP contribution in [0.4, 0.5) is 11.5 Å². The quantitative estimate of drug-likeness (QED) is 0.677. The van der Waals surface area contributed by atoms with E-state index in [0.29, 0.717) is 29.7 Å². The van der Waals surface area contributed by atoms with E-state index in [1.807, 2.05) is 0 Å². The first-order valence-electron chi connectivity index (χ1n) is 5.79. The van der Waals surface area contributed by atoms with Gasteiger partial charge in [-0.2, -0.15) is 4.98 Å². The second-order valence-corrected chi connectivity index (χ2v) is 4.10. The van der Waals surface area contributed by atoms with Gasteiger partial charge < -0.3 is 4.42 Å². The minimum atomic E-state index is -0.237. The number of hydrogen-bond acceptors (Lipinski definition) is 5. The Balaban J connectivity index is 2.36. The van der Waals surface area contributed by atoms with E-state index in [1.54, 1.807) is 26.8 Å². The molecule has 2 aromatic rings. The van der Waals surface area contributed by atoms with Crippen LogP contribution in [-0.4, -0.2) is 14.8 Å². The van der Waals surface area contributed by atoms with Crippen LogP contribution in [-0.2, 0) is 6.54 Å². The zero-order valence-corrected chi connectivity index (χ0v) is 11.1. The van der Waals surface area contributed by atoms with E-state index in [-0.39, 0.29) is 11.2 Å². The van der Waals surface area contributed by atoms with Crippen LogP contribution in [0.15, 0.2) is 32.1 Å². The maximum Gasteiger partial charge on any atom is 0.294 e. The molecule has 0 saturated carbocycles. The zero-order valence-electron chi connectivity index (χ0n) is 11.1. The number of azo groups is 1. The van der Waals surface area contributed by atoms with Gasteiger partial charge in [0.2, 0.25) is 5.82 Å². The molecule has 0 aliphatic heterocycles. The molecular weight excluding hydrogens is 246 g/mol. The van der Waals surface area contributed by atoms with E-state index in [1.165, 1.54) is 4.68 Å². The number of aromatic nitrogens is 3. The Kier molecular flexibility index (Phi) is 3.46. The standard InChI is InChI=1S/C12H15N5O2/c1-5-6-17-12(18)10(7(2)16-17)14-15-11-8(3)19-9(4)13-11/h5,16H,1,6H2,2-4H3. The van der Waals surface area contributed by atoms with E-state index in [9.17, 15) is 4.79 Å². The van der Waals surface area contributed by atoms with Crippen molar-refractivity contribution in [2.45, 2.75) is 27.3 Å². The van der Waals surface area contributed by atoms with Gasteiger partial charge in [0.15, 0.2) is 11.6 Å². The van der Waals surface area contributed by atoms with Crippen LogP contribution in [0.5, 0.6) is 0 Å². The first-order chi connectivity index (χ1) is 9.02. The Bertz CT molecular complexity index is 690. The number of hydrogen-bond donors (Lipinski definition) is 1. The third-order valence-corrected chi connectivity index (χ3v) is 2.54. The van der Waals surface area contributed by atoms with Crippen LogP contribution in [0, 0.1) is 20.8 Å². The molecule has 0 aromatic carbocycles. The van der Waals surface area contributed by atoms with Crippen molar-refractivity contribution in [1.29, 1.82) is 0 Å². The summed E-state index contributed by atoms with van der Waals surface area (Å²) in [7, 11) is 0. The minimum Gasteiger partial charge on any atom is -0.444 e. The van der Waals surface area contributed by atoms with Crippen molar-refractivity contribution < 1.29 is 4.42 Å². The molecule has 0 amide bonds. The van der Waals surface area contributed by atoms with E-state index in [4.69, 9.17) is 4.42 Å². The number of aryl methyl sites for hydroxylation is 3. The topological polar surface area (TPSA) is 88.5 Å². The first-order valence-corrected chi connectivity index (χ1v) is 5.79. The van der Waals surface area contributed by atoms with Crippen LogP contribution in [0.2, 0.25) is 0 Å². The third-order valence-electron chi connectivity index (χ3n) is 2.54. The average Bonchev–Trinajstić information content (AvgIpc) is 2.79. The highest BCUT2D eigenvalue weighted by Crippen LogP contribution is 2.21. The predicted molar refractivity (Wildman–Crippen MR) is 70.1 cm³/mol. The van der Waals surface area contributed by atoms with Crippen LogP contribution < -0.4 is 5.56 Å². The van der Waals surface area contributed by atoms with Gasteiger partial charge in [0.05, 0.1) is 12.2 Å². The van der Waals surface area contributed by atoms with E-state index >= 15 is 0 Å². The summed E-state index contributed by atoms with van der Waals surface area (Å²) in [4.78, 5) is 16.0. The summed E-state index contributed by atoms with van der Waals surface area (Å²) >= 11 is 0. The second kappa shape index (κ2) is 5.05. The van der Waals surface area contributed by atoms with Crippen molar-refractivity contribution in [3.05, 3.63) is 40.4 Å². The molecule has 0 unspecified atom stereocenters. The lowest BCUT2D eigenvalue weighted by molar-refractivity contribution is 0.494. The van der Waals surface area contributed by atoms with Gasteiger partial charge in [-0.05, 0) is 13.8 Å². The molecule has 19 heavy (non-hydrogen) atoms. The molecule has 0 radical (unpaired) electrons. The molecule has 2 rings (SSSR count). The fraction of sp³-hybridized carbons (Fsp3) is 0.333. The molecule has 7 heteroatoms. The van der Waals surface area contributed by atoms with Gasteiger partial charge in [-0.1, -0.05) is 6.08 Å². The number of nitrogens with zero attached hydrogens (tertiary/aromatic N) is 4. The lowest BCUT2D eigenvalue weighted by atomic mass is 10.4. The normalized spacial score (nSPS) is 11.3. The highest BCUT2D eigenvalue weighted by Gasteiger charge is 2.11. The molecule has 1 N–H and O–H groups in total. The minimum absolute atomic E-state index is 0.237. The molecule has 0 spiro atoms. The maximum absolute atomic E-state index is 12.0. The third kappa shape index (κ3) is 2.54. The smallest absolute Gasteiger partial charge is 0.294 e. The molecule has 100 valence electrons. The van der Waals surface area contributed by atoms with Gasteiger partial charge in [0.25, 0.3) is 5.56 Å². The number of H-pyrrole nitrogens is 1. The Labute approximate surface area is 109 Å². The van der Waals surface area contributed by atoms with Gasteiger partial charge in [0, 0.05) is 6.92 Å². The Morgan fingerprint density at radius 2 is 2.16 bits per heavy atom. The summed E-state index contributed by atoms with van der Waals surface area (Å²) in [6.45, 7) is 9.22. The van der Waals surface area contributed by atoms with Crippen molar-refractivity contribution in [2.75, 3.05) is 0 Å². The van der Waals surface area contributed by atoms with Gasteiger partial charge in [-0.3, -0.25) is 9.89 Å². The fourth-order valence-corrected chi connectivity index (χ4v) is 1.68. The first kappa shape index (κ1) is 13.0. The monoisotopic (exact) mass is 261 g/mol. The highest BCUT2D eigenvalue weighted by atomic mass is 16.4. The van der Waals surface area contributed by atoms with E-state index in [0.717, 1.165) is 0 Å². The zero-order chi connectivity index (χ0) is 14.0. The van der Waals surface area contributed by atoms with E-state index in [2.05, 4.69) is 26.9 Å². The molecule has 2 aromatic heterocycles. The predicted octanol–water partition coefficient (Wildman–Crippen LogP) is 2.69. The van der Waals surface area contributed by atoms with Gasteiger partial charge in [-0.15, -0.1) is 16.8 Å². The van der Waals surface area contributed by atoms with Crippen molar-refractivity contribution in [3.8, 4) is 0 Å². The van der Waals surface area contributed by atoms with Crippen LogP contribution in [0.3, 0.4) is 0 Å².